The molecule has 0 aliphatic heterocycles. The summed E-state index contributed by atoms with van der Waals surface area (Å²) in [5.41, 5.74) is 9.84. The van der Waals surface area contributed by atoms with Crippen molar-refractivity contribution in [2.45, 2.75) is 31.5 Å². The van der Waals surface area contributed by atoms with Gasteiger partial charge in [-0.15, -0.1) is 0 Å². The smallest absolute Gasteiger partial charge is 0.221 e. The minimum absolute atomic E-state index is 0.00763. The highest BCUT2D eigenvalue weighted by Gasteiger charge is 2.17. The summed E-state index contributed by atoms with van der Waals surface area (Å²) in [4.78, 5) is 13.0. The van der Waals surface area contributed by atoms with Crippen LogP contribution in [-0.2, 0) is 17.6 Å². The second-order valence-electron chi connectivity index (χ2n) is 8.02. The van der Waals surface area contributed by atoms with E-state index in [1.807, 2.05) is 84.9 Å². The van der Waals surface area contributed by atoms with Crippen molar-refractivity contribution < 1.29 is 9.90 Å². The third-order valence-corrected chi connectivity index (χ3v) is 5.72. The van der Waals surface area contributed by atoms with Crippen molar-refractivity contribution in [3.8, 4) is 0 Å². The van der Waals surface area contributed by atoms with E-state index in [1.165, 1.54) is 0 Å². The SMILES string of the molecule is NC(O)Cc1cccc2c(CCC(=O)NC(c3ccccc3)c3ccccc3)cccc12. The lowest BCUT2D eigenvalue weighted by molar-refractivity contribution is -0.121. The van der Waals surface area contributed by atoms with E-state index in [2.05, 4.69) is 17.4 Å². The van der Waals surface area contributed by atoms with Crippen molar-refractivity contribution in [1.82, 2.24) is 5.32 Å². The monoisotopic (exact) mass is 424 g/mol. The third kappa shape index (κ3) is 5.22. The number of aliphatic hydroxyl groups excluding tert-OH is 1. The molecule has 0 bridgehead atoms. The summed E-state index contributed by atoms with van der Waals surface area (Å²) in [7, 11) is 0. The summed E-state index contributed by atoms with van der Waals surface area (Å²) in [5, 5.41) is 15.0. The van der Waals surface area contributed by atoms with Crippen molar-refractivity contribution >= 4 is 16.7 Å². The molecule has 1 unspecified atom stereocenters. The first kappa shape index (κ1) is 21.8. The molecule has 0 radical (unpaired) electrons. The van der Waals surface area contributed by atoms with Crippen molar-refractivity contribution in [1.29, 1.82) is 0 Å². The summed E-state index contributed by atoms with van der Waals surface area (Å²) in [5.74, 6) is 0.00763. The summed E-state index contributed by atoms with van der Waals surface area (Å²) in [6, 6.07) is 32.0. The number of carbonyl (C=O) groups is 1. The van der Waals surface area contributed by atoms with Gasteiger partial charge in [-0.2, -0.15) is 0 Å². The molecule has 4 aromatic carbocycles. The molecule has 4 aromatic rings. The van der Waals surface area contributed by atoms with Crippen LogP contribution in [-0.4, -0.2) is 17.2 Å². The number of hydrogen-bond acceptors (Lipinski definition) is 3. The van der Waals surface area contributed by atoms with Gasteiger partial charge in [-0.1, -0.05) is 97.1 Å². The van der Waals surface area contributed by atoms with Crippen LogP contribution in [0.5, 0.6) is 0 Å². The number of nitrogens with one attached hydrogen (secondary N) is 1. The predicted molar refractivity (Wildman–Crippen MR) is 129 cm³/mol. The molecule has 162 valence electrons. The van der Waals surface area contributed by atoms with E-state index in [0.717, 1.165) is 33.0 Å². The topological polar surface area (TPSA) is 75.3 Å². The number of rotatable bonds is 8. The molecule has 4 N–H and O–H groups in total. The fourth-order valence-electron chi connectivity index (χ4n) is 4.19. The Morgan fingerprint density at radius 1 is 0.750 bits per heavy atom. The van der Waals surface area contributed by atoms with Crippen molar-refractivity contribution in [3.05, 3.63) is 119 Å². The largest absolute Gasteiger partial charge is 0.378 e. The number of aliphatic hydroxyl groups is 1. The Labute approximate surface area is 188 Å². The van der Waals surface area contributed by atoms with E-state index in [4.69, 9.17) is 5.73 Å². The molecule has 0 fully saturated rings. The van der Waals surface area contributed by atoms with Crippen LogP contribution in [0.3, 0.4) is 0 Å². The highest BCUT2D eigenvalue weighted by atomic mass is 16.3. The number of fused-ring (bicyclic) bond motifs is 1. The lowest BCUT2D eigenvalue weighted by Gasteiger charge is -2.20. The molecule has 0 aliphatic rings. The highest BCUT2D eigenvalue weighted by Crippen LogP contribution is 2.25. The van der Waals surface area contributed by atoms with E-state index < -0.39 is 6.23 Å². The van der Waals surface area contributed by atoms with E-state index in [1.54, 1.807) is 0 Å². The van der Waals surface area contributed by atoms with Gasteiger partial charge in [-0.05, 0) is 39.4 Å². The Morgan fingerprint density at radius 3 is 1.84 bits per heavy atom. The molecule has 0 saturated heterocycles. The number of aryl methyl sites for hydroxylation is 1. The van der Waals surface area contributed by atoms with E-state index in [-0.39, 0.29) is 11.9 Å². The lowest BCUT2D eigenvalue weighted by atomic mass is 9.95. The van der Waals surface area contributed by atoms with Crippen molar-refractivity contribution in [2.75, 3.05) is 0 Å². The van der Waals surface area contributed by atoms with Gasteiger partial charge in [0.2, 0.25) is 5.91 Å². The van der Waals surface area contributed by atoms with Crippen LogP contribution in [0.25, 0.3) is 10.8 Å². The van der Waals surface area contributed by atoms with Crippen LogP contribution < -0.4 is 11.1 Å². The number of carbonyl (C=O) groups excluding carboxylic acids is 1. The maximum Gasteiger partial charge on any atom is 0.221 e. The Kier molecular flexibility index (Phi) is 6.95. The van der Waals surface area contributed by atoms with Gasteiger partial charge in [0.05, 0.1) is 6.04 Å². The molecule has 1 amide bonds. The van der Waals surface area contributed by atoms with Crippen LogP contribution in [0.1, 0.15) is 34.7 Å². The minimum atomic E-state index is -0.886. The molecular formula is C28H28N2O2. The molecule has 0 saturated carbocycles. The number of benzene rings is 4. The summed E-state index contributed by atoms with van der Waals surface area (Å²) >= 11 is 0. The Bertz CT molecular complexity index is 1130. The first-order valence-corrected chi connectivity index (χ1v) is 10.9. The Hall–Kier alpha value is -3.47. The van der Waals surface area contributed by atoms with Crippen molar-refractivity contribution in [3.63, 3.8) is 0 Å². The van der Waals surface area contributed by atoms with Crippen LogP contribution in [0.2, 0.25) is 0 Å². The predicted octanol–water partition coefficient (Wildman–Crippen LogP) is 4.50. The van der Waals surface area contributed by atoms with Gasteiger partial charge in [-0.3, -0.25) is 4.79 Å². The second-order valence-corrected chi connectivity index (χ2v) is 8.02. The van der Waals surface area contributed by atoms with E-state index in [0.29, 0.717) is 19.3 Å². The molecule has 4 heteroatoms. The zero-order chi connectivity index (χ0) is 22.3. The lowest BCUT2D eigenvalue weighted by Crippen LogP contribution is -2.29. The normalized spacial score (nSPS) is 12.1. The fourth-order valence-corrected chi connectivity index (χ4v) is 4.19. The third-order valence-electron chi connectivity index (χ3n) is 5.72. The Morgan fingerprint density at radius 2 is 1.28 bits per heavy atom. The fraction of sp³-hybridized carbons (Fsp3) is 0.179. The zero-order valence-electron chi connectivity index (χ0n) is 17.9. The van der Waals surface area contributed by atoms with Gasteiger partial charge in [0.15, 0.2) is 0 Å². The average Bonchev–Trinajstić information content (AvgIpc) is 2.82. The molecule has 32 heavy (non-hydrogen) atoms. The summed E-state index contributed by atoms with van der Waals surface area (Å²) < 4.78 is 0. The maximum absolute atomic E-state index is 13.0. The second kappa shape index (κ2) is 10.2. The minimum Gasteiger partial charge on any atom is -0.378 e. The number of nitrogens with two attached hydrogens (primary N) is 1. The highest BCUT2D eigenvalue weighted by molar-refractivity contribution is 5.89. The van der Waals surface area contributed by atoms with E-state index >= 15 is 0 Å². The molecular weight excluding hydrogens is 396 g/mol. The maximum atomic E-state index is 13.0. The molecule has 0 spiro atoms. The van der Waals surface area contributed by atoms with Crippen LogP contribution in [0.4, 0.5) is 0 Å². The standard InChI is InChI=1S/C28H28N2O2/c29-26(31)19-23-14-8-15-24-20(13-7-16-25(23)24)17-18-27(32)30-28(21-9-3-1-4-10-21)22-11-5-2-6-12-22/h1-16,26,28,31H,17-19,29H2,(H,30,32). The van der Waals surface area contributed by atoms with E-state index in [9.17, 15) is 9.90 Å². The molecule has 4 nitrogen and oxygen atoms in total. The number of amides is 1. The van der Waals surface area contributed by atoms with Gasteiger partial charge < -0.3 is 16.2 Å². The van der Waals surface area contributed by atoms with Gasteiger partial charge in [0.1, 0.15) is 6.23 Å². The van der Waals surface area contributed by atoms with Crippen LogP contribution in [0, 0.1) is 0 Å². The van der Waals surface area contributed by atoms with Crippen LogP contribution >= 0.6 is 0 Å². The van der Waals surface area contributed by atoms with Gasteiger partial charge in [0.25, 0.3) is 0 Å². The van der Waals surface area contributed by atoms with Gasteiger partial charge in [0, 0.05) is 12.8 Å². The zero-order valence-corrected chi connectivity index (χ0v) is 17.9. The van der Waals surface area contributed by atoms with Gasteiger partial charge in [-0.25, -0.2) is 0 Å². The molecule has 4 rings (SSSR count). The first-order valence-electron chi connectivity index (χ1n) is 10.9. The van der Waals surface area contributed by atoms with Crippen molar-refractivity contribution in [2.24, 2.45) is 5.73 Å². The van der Waals surface area contributed by atoms with Gasteiger partial charge >= 0.3 is 0 Å². The molecule has 0 aliphatic carbocycles. The Balaban J connectivity index is 1.51. The molecule has 1 atom stereocenters. The number of hydrogen-bond donors (Lipinski definition) is 3. The molecule has 0 heterocycles. The average molecular weight is 425 g/mol. The quantitative estimate of drug-likeness (QED) is 0.365. The summed E-state index contributed by atoms with van der Waals surface area (Å²) in [6.07, 6.45) is 0.535. The summed E-state index contributed by atoms with van der Waals surface area (Å²) in [6.45, 7) is 0. The van der Waals surface area contributed by atoms with Crippen LogP contribution in [0.15, 0.2) is 97.1 Å². The first-order chi connectivity index (χ1) is 15.6. The molecule has 0 aromatic heterocycles.